The van der Waals surface area contributed by atoms with Crippen LogP contribution >= 0.6 is 0 Å². The number of benzene rings is 1. The summed E-state index contributed by atoms with van der Waals surface area (Å²) in [6.45, 7) is 9.04. The fourth-order valence-electron chi connectivity index (χ4n) is 2.91. The number of aromatic nitrogens is 1. The standard InChI is InChI=1S/C21H32N4O2/c1-5-12-26-15-17-11-9-8-10-16(17)13-23-21(22-4)24-14-18-19(6-2)25-27-20(18)7-3/h8-11H,5-7,12-15H2,1-4H3,(H2,22,23,24). The molecule has 148 valence electrons. The fraction of sp³-hybridized carbons (Fsp3) is 0.524. The number of aryl methyl sites for hydroxylation is 2. The molecule has 0 aliphatic heterocycles. The maximum absolute atomic E-state index is 5.70. The smallest absolute Gasteiger partial charge is 0.191 e. The molecule has 0 unspecified atom stereocenters. The molecule has 2 rings (SSSR count). The van der Waals surface area contributed by atoms with Crippen LogP contribution in [0.15, 0.2) is 33.8 Å². The van der Waals surface area contributed by atoms with Crippen molar-refractivity contribution < 1.29 is 9.26 Å². The second-order valence-corrected chi connectivity index (χ2v) is 6.34. The third kappa shape index (κ3) is 6.10. The van der Waals surface area contributed by atoms with E-state index >= 15 is 0 Å². The molecule has 0 aliphatic carbocycles. The Labute approximate surface area is 162 Å². The van der Waals surface area contributed by atoms with E-state index in [2.05, 4.69) is 59.8 Å². The molecule has 0 bridgehead atoms. The summed E-state index contributed by atoms with van der Waals surface area (Å²) in [5, 5.41) is 10.9. The summed E-state index contributed by atoms with van der Waals surface area (Å²) < 4.78 is 11.1. The van der Waals surface area contributed by atoms with Crippen molar-refractivity contribution in [1.82, 2.24) is 15.8 Å². The van der Waals surface area contributed by atoms with Gasteiger partial charge in [0.05, 0.1) is 12.3 Å². The van der Waals surface area contributed by atoms with Crippen LogP contribution in [0.2, 0.25) is 0 Å². The Hall–Kier alpha value is -2.34. The van der Waals surface area contributed by atoms with Crippen LogP contribution in [0.1, 0.15) is 55.3 Å². The van der Waals surface area contributed by atoms with Gasteiger partial charge in [-0.3, -0.25) is 4.99 Å². The zero-order valence-electron chi connectivity index (χ0n) is 17.0. The van der Waals surface area contributed by atoms with Gasteiger partial charge >= 0.3 is 0 Å². The molecule has 0 aliphatic rings. The zero-order valence-corrected chi connectivity index (χ0v) is 17.0. The highest BCUT2D eigenvalue weighted by Crippen LogP contribution is 2.15. The summed E-state index contributed by atoms with van der Waals surface area (Å²) in [6.07, 6.45) is 2.72. The third-order valence-electron chi connectivity index (χ3n) is 4.43. The van der Waals surface area contributed by atoms with Crippen molar-refractivity contribution in [2.24, 2.45) is 4.99 Å². The molecule has 0 fully saturated rings. The van der Waals surface area contributed by atoms with Gasteiger partial charge in [-0.05, 0) is 24.0 Å². The van der Waals surface area contributed by atoms with Gasteiger partial charge in [-0.2, -0.15) is 0 Å². The van der Waals surface area contributed by atoms with E-state index < -0.39 is 0 Å². The predicted octanol–water partition coefficient (Wildman–Crippen LogP) is 3.59. The zero-order chi connectivity index (χ0) is 19.5. The summed E-state index contributed by atoms with van der Waals surface area (Å²) >= 11 is 0. The van der Waals surface area contributed by atoms with Crippen LogP contribution in [-0.2, 0) is 37.3 Å². The molecule has 2 N–H and O–H groups in total. The van der Waals surface area contributed by atoms with E-state index in [4.69, 9.17) is 9.26 Å². The van der Waals surface area contributed by atoms with E-state index in [0.717, 1.165) is 48.8 Å². The minimum atomic E-state index is 0.637. The van der Waals surface area contributed by atoms with Crippen LogP contribution in [0, 0.1) is 0 Å². The lowest BCUT2D eigenvalue weighted by atomic mass is 10.1. The number of hydrogen-bond donors (Lipinski definition) is 2. The van der Waals surface area contributed by atoms with Gasteiger partial charge < -0.3 is 19.9 Å². The molecule has 1 aromatic heterocycles. The third-order valence-corrected chi connectivity index (χ3v) is 4.43. The molecule has 27 heavy (non-hydrogen) atoms. The van der Waals surface area contributed by atoms with Crippen molar-refractivity contribution >= 4 is 5.96 Å². The maximum atomic E-state index is 5.70. The van der Waals surface area contributed by atoms with E-state index in [-0.39, 0.29) is 0 Å². The highest BCUT2D eigenvalue weighted by molar-refractivity contribution is 5.79. The van der Waals surface area contributed by atoms with Gasteiger partial charge in [-0.15, -0.1) is 0 Å². The van der Waals surface area contributed by atoms with Crippen LogP contribution < -0.4 is 10.6 Å². The predicted molar refractivity (Wildman–Crippen MR) is 109 cm³/mol. The molecular weight excluding hydrogens is 340 g/mol. The van der Waals surface area contributed by atoms with Gasteiger partial charge in [0.2, 0.25) is 0 Å². The number of aliphatic imine (C=N–C) groups is 1. The average molecular weight is 373 g/mol. The summed E-state index contributed by atoms with van der Waals surface area (Å²) in [5.74, 6) is 1.69. The molecule has 0 saturated carbocycles. The van der Waals surface area contributed by atoms with E-state index in [1.54, 1.807) is 7.05 Å². The Morgan fingerprint density at radius 1 is 1.07 bits per heavy atom. The quantitative estimate of drug-likeness (QED) is 0.379. The fourth-order valence-corrected chi connectivity index (χ4v) is 2.91. The lowest BCUT2D eigenvalue weighted by molar-refractivity contribution is 0.121. The second-order valence-electron chi connectivity index (χ2n) is 6.34. The van der Waals surface area contributed by atoms with Crippen molar-refractivity contribution in [1.29, 1.82) is 0 Å². The van der Waals surface area contributed by atoms with E-state index in [1.807, 2.05) is 6.07 Å². The molecule has 1 heterocycles. The first kappa shape index (κ1) is 21.0. The molecule has 2 aromatic rings. The van der Waals surface area contributed by atoms with Crippen molar-refractivity contribution in [2.75, 3.05) is 13.7 Å². The van der Waals surface area contributed by atoms with E-state index in [1.165, 1.54) is 11.1 Å². The minimum absolute atomic E-state index is 0.637. The van der Waals surface area contributed by atoms with Gasteiger partial charge in [0.25, 0.3) is 0 Å². The Morgan fingerprint density at radius 3 is 2.48 bits per heavy atom. The molecule has 0 atom stereocenters. The van der Waals surface area contributed by atoms with Crippen molar-refractivity contribution in [3.63, 3.8) is 0 Å². The summed E-state index contributed by atoms with van der Waals surface area (Å²) in [7, 11) is 1.78. The molecule has 0 amide bonds. The average Bonchev–Trinajstić information content (AvgIpc) is 3.11. The Kier molecular flexibility index (Phi) is 8.84. The topological polar surface area (TPSA) is 71.7 Å². The largest absolute Gasteiger partial charge is 0.377 e. The van der Waals surface area contributed by atoms with Gasteiger partial charge in [-0.25, -0.2) is 0 Å². The van der Waals surface area contributed by atoms with Crippen LogP contribution in [0.3, 0.4) is 0 Å². The van der Waals surface area contributed by atoms with E-state index in [0.29, 0.717) is 19.7 Å². The van der Waals surface area contributed by atoms with Crippen LogP contribution in [0.25, 0.3) is 0 Å². The van der Waals surface area contributed by atoms with Crippen molar-refractivity contribution in [2.45, 2.75) is 59.7 Å². The van der Waals surface area contributed by atoms with Crippen LogP contribution in [0.5, 0.6) is 0 Å². The summed E-state index contributed by atoms with van der Waals surface area (Å²) in [4.78, 5) is 4.33. The van der Waals surface area contributed by atoms with Crippen molar-refractivity contribution in [3.05, 3.63) is 52.4 Å². The van der Waals surface area contributed by atoms with Gasteiger partial charge in [0.1, 0.15) is 5.76 Å². The highest BCUT2D eigenvalue weighted by Gasteiger charge is 2.13. The number of hydrogen-bond acceptors (Lipinski definition) is 4. The number of rotatable bonds is 10. The molecule has 6 heteroatoms. The maximum Gasteiger partial charge on any atom is 0.191 e. The molecule has 0 spiro atoms. The Balaban J connectivity index is 1.94. The first-order valence-corrected chi connectivity index (χ1v) is 9.78. The molecule has 0 radical (unpaired) electrons. The van der Waals surface area contributed by atoms with Crippen molar-refractivity contribution in [3.8, 4) is 0 Å². The SMILES string of the molecule is CCCOCc1ccccc1CNC(=NC)NCc1c(CC)noc1CC. The summed E-state index contributed by atoms with van der Waals surface area (Å²) in [6, 6.07) is 8.33. The first-order valence-electron chi connectivity index (χ1n) is 9.78. The molecule has 1 aromatic carbocycles. The van der Waals surface area contributed by atoms with Gasteiger partial charge in [0, 0.05) is 38.7 Å². The van der Waals surface area contributed by atoms with Crippen LogP contribution in [-0.4, -0.2) is 24.8 Å². The Bertz CT molecular complexity index is 703. The first-order chi connectivity index (χ1) is 13.2. The number of ether oxygens (including phenoxy) is 1. The summed E-state index contributed by atoms with van der Waals surface area (Å²) in [5.41, 5.74) is 4.56. The number of nitrogens with zero attached hydrogens (tertiary/aromatic N) is 2. The van der Waals surface area contributed by atoms with E-state index in [9.17, 15) is 0 Å². The normalized spacial score (nSPS) is 11.6. The molecule has 0 saturated heterocycles. The van der Waals surface area contributed by atoms with Crippen LogP contribution in [0.4, 0.5) is 0 Å². The number of nitrogens with one attached hydrogen (secondary N) is 2. The monoisotopic (exact) mass is 372 g/mol. The number of guanidine groups is 1. The van der Waals surface area contributed by atoms with Gasteiger partial charge in [0.15, 0.2) is 5.96 Å². The lowest BCUT2D eigenvalue weighted by Crippen LogP contribution is -2.36. The molecular formula is C21H32N4O2. The van der Waals surface area contributed by atoms with Gasteiger partial charge in [-0.1, -0.05) is 50.2 Å². The minimum Gasteiger partial charge on any atom is -0.377 e. The highest BCUT2D eigenvalue weighted by atomic mass is 16.5. The second kappa shape index (κ2) is 11.4. The Morgan fingerprint density at radius 2 is 1.81 bits per heavy atom. The lowest BCUT2D eigenvalue weighted by Gasteiger charge is -2.14. The molecule has 6 nitrogen and oxygen atoms in total.